The summed E-state index contributed by atoms with van der Waals surface area (Å²) >= 11 is 7.62. The molecule has 0 spiro atoms. The number of nitrogens with one attached hydrogen (secondary N) is 1. The van der Waals surface area contributed by atoms with Gasteiger partial charge in [-0.15, -0.1) is 11.3 Å². The highest BCUT2D eigenvalue weighted by molar-refractivity contribution is 7.10. The molecule has 0 aliphatic carbocycles. The molecule has 1 aliphatic rings. The Morgan fingerprint density at radius 3 is 2.81 bits per heavy atom. The van der Waals surface area contributed by atoms with Gasteiger partial charge in [0, 0.05) is 22.5 Å². The molecule has 1 saturated heterocycles. The Morgan fingerprint density at radius 2 is 2.07 bits per heavy atom. The van der Waals surface area contributed by atoms with E-state index in [9.17, 15) is 9.59 Å². The fourth-order valence-electron chi connectivity index (χ4n) is 3.46. The van der Waals surface area contributed by atoms with Crippen molar-refractivity contribution < 1.29 is 9.21 Å². The quantitative estimate of drug-likeness (QED) is 0.698. The molecule has 0 unspecified atom stereocenters. The van der Waals surface area contributed by atoms with Crippen LogP contribution in [-0.4, -0.2) is 30.4 Å². The summed E-state index contributed by atoms with van der Waals surface area (Å²) in [6.07, 6.45) is 2.36. The third-order valence-corrected chi connectivity index (χ3v) is 6.03. The summed E-state index contributed by atoms with van der Waals surface area (Å²) in [6.45, 7) is 2.54. The Labute approximate surface area is 165 Å². The fourth-order valence-corrected chi connectivity index (χ4v) is 4.49. The molecule has 1 N–H and O–H groups in total. The molecular weight excluding hydrogens is 384 g/mol. The average molecular weight is 403 g/mol. The first-order valence-corrected chi connectivity index (χ1v) is 10.2. The van der Waals surface area contributed by atoms with Gasteiger partial charge in [-0.3, -0.25) is 14.5 Å². The van der Waals surface area contributed by atoms with Crippen molar-refractivity contribution in [2.45, 2.75) is 18.9 Å². The minimum Gasteiger partial charge on any atom is -0.451 e. The first-order valence-electron chi connectivity index (χ1n) is 8.91. The Kier molecular flexibility index (Phi) is 5.29. The molecule has 5 nitrogen and oxygen atoms in total. The maximum atomic E-state index is 12.6. The average Bonchev–Trinajstić information content (AvgIpc) is 3.36. The van der Waals surface area contributed by atoms with Gasteiger partial charge in [-0.25, -0.2) is 0 Å². The maximum Gasteiger partial charge on any atom is 0.287 e. The molecule has 2 aromatic heterocycles. The first-order chi connectivity index (χ1) is 13.1. The van der Waals surface area contributed by atoms with Crippen LogP contribution in [0.1, 0.15) is 34.3 Å². The third-order valence-electron chi connectivity index (χ3n) is 4.82. The third kappa shape index (κ3) is 3.93. The standard InChI is InChI=1S/C20H19ClN2O3S/c21-13-5-6-17-14(10-13)16(24)11-18(26-17)20(25)22-12-15(19-4-3-9-27-19)23-7-1-2-8-23/h3-6,9-11,15H,1-2,7-8,12H2,(H,22,25)/t15-/m1/s1. The zero-order valence-electron chi connectivity index (χ0n) is 14.6. The number of hydrogen-bond donors (Lipinski definition) is 1. The van der Waals surface area contributed by atoms with E-state index >= 15 is 0 Å². The number of likely N-dealkylation sites (tertiary alicyclic amines) is 1. The molecule has 3 aromatic rings. The highest BCUT2D eigenvalue weighted by Crippen LogP contribution is 2.28. The zero-order chi connectivity index (χ0) is 18.8. The van der Waals surface area contributed by atoms with Gasteiger partial charge in [0.05, 0.1) is 11.4 Å². The normalized spacial score (nSPS) is 15.9. The van der Waals surface area contributed by atoms with Crippen molar-refractivity contribution in [3.63, 3.8) is 0 Å². The molecular formula is C20H19ClN2O3S. The molecule has 1 aliphatic heterocycles. The molecule has 0 saturated carbocycles. The Hall–Kier alpha value is -2.15. The molecule has 1 fully saturated rings. The second-order valence-corrected chi connectivity index (χ2v) is 8.02. The van der Waals surface area contributed by atoms with Crippen molar-refractivity contribution in [2.24, 2.45) is 0 Å². The van der Waals surface area contributed by atoms with Crippen LogP contribution in [0.15, 0.2) is 51.0 Å². The topological polar surface area (TPSA) is 62.6 Å². The fraction of sp³-hybridized carbons (Fsp3) is 0.300. The van der Waals surface area contributed by atoms with Crippen LogP contribution in [0.4, 0.5) is 0 Å². The van der Waals surface area contributed by atoms with Gasteiger partial charge in [0.2, 0.25) is 0 Å². The number of carbonyl (C=O) groups is 1. The maximum absolute atomic E-state index is 12.6. The lowest BCUT2D eigenvalue weighted by Crippen LogP contribution is -2.36. The van der Waals surface area contributed by atoms with E-state index in [0.29, 0.717) is 22.5 Å². The summed E-state index contributed by atoms with van der Waals surface area (Å²) in [7, 11) is 0. The Morgan fingerprint density at radius 1 is 1.26 bits per heavy atom. The van der Waals surface area contributed by atoms with Gasteiger partial charge in [-0.2, -0.15) is 0 Å². The summed E-state index contributed by atoms with van der Waals surface area (Å²) in [4.78, 5) is 28.5. The number of benzene rings is 1. The second-order valence-electron chi connectivity index (χ2n) is 6.60. The van der Waals surface area contributed by atoms with Crippen molar-refractivity contribution in [3.8, 4) is 0 Å². The molecule has 140 valence electrons. The number of nitrogens with zero attached hydrogens (tertiary/aromatic N) is 1. The predicted octanol–water partition coefficient (Wildman–Crippen LogP) is 4.07. The van der Waals surface area contributed by atoms with Crippen molar-refractivity contribution in [3.05, 3.63) is 67.7 Å². The second kappa shape index (κ2) is 7.84. The van der Waals surface area contributed by atoms with Crippen molar-refractivity contribution in [2.75, 3.05) is 19.6 Å². The van der Waals surface area contributed by atoms with Crippen LogP contribution in [0.25, 0.3) is 11.0 Å². The number of halogens is 1. The lowest BCUT2D eigenvalue weighted by molar-refractivity contribution is 0.0911. The highest BCUT2D eigenvalue weighted by Gasteiger charge is 2.25. The monoisotopic (exact) mass is 402 g/mol. The van der Waals surface area contributed by atoms with Crippen LogP contribution in [0.3, 0.4) is 0 Å². The van der Waals surface area contributed by atoms with Crippen LogP contribution in [0, 0.1) is 0 Å². The summed E-state index contributed by atoms with van der Waals surface area (Å²) in [6, 6.07) is 10.3. The van der Waals surface area contributed by atoms with Crippen LogP contribution >= 0.6 is 22.9 Å². The van der Waals surface area contributed by atoms with Gasteiger partial charge >= 0.3 is 0 Å². The van der Waals surface area contributed by atoms with Crippen LogP contribution in [0.5, 0.6) is 0 Å². The first kappa shape index (κ1) is 18.2. The van der Waals surface area contributed by atoms with Gasteiger partial charge in [0.25, 0.3) is 5.91 Å². The van der Waals surface area contributed by atoms with E-state index < -0.39 is 0 Å². The minimum absolute atomic E-state index is 0.0150. The number of hydrogen-bond acceptors (Lipinski definition) is 5. The predicted molar refractivity (Wildman–Crippen MR) is 108 cm³/mol. The minimum atomic E-state index is -0.385. The van der Waals surface area contributed by atoms with Gasteiger partial charge in [0.15, 0.2) is 11.2 Å². The molecule has 4 rings (SSSR count). The lowest BCUT2D eigenvalue weighted by atomic mass is 10.2. The van der Waals surface area contributed by atoms with Crippen LogP contribution in [0.2, 0.25) is 5.02 Å². The molecule has 27 heavy (non-hydrogen) atoms. The summed E-state index contributed by atoms with van der Waals surface area (Å²) in [5.41, 5.74) is 0.0737. The number of carbonyl (C=O) groups excluding carboxylic acids is 1. The molecule has 3 heterocycles. The number of thiophene rings is 1. The van der Waals surface area contributed by atoms with Gasteiger partial charge in [-0.1, -0.05) is 17.7 Å². The smallest absolute Gasteiger partial charge is 0.287 e. The molecule has 1 atom stereocenters. The van der Waals surface area contributed by atoms with E-state index in [1.54, 1.807) is 29.5 Å². The van der Waals surface area contributed by atoms with E-state index in [2.05, 4.69) is 16.3 Å². The van der Waals surface area contributed by atoms with E-state index in [1.165, 1.54) is 23.8 Å². The molecule has 1 amide bonds. The SMILES string of the molecule is O=C(NC[C@H](c1cccs1)N1CCCC1)c1cc(=O)c2cc(Cl)ccc2o1. The van der Waals surface area contributed by atoms with Crippen molar-refractivity contribution in [1.29, 1.82) is 0 Å². The van der Waals surface area contributed by atoms with E-state index in [4.69, 9.17) is 16.0 Å². The lowest BCUT2D eigenvalue weighted by Gasteiger charge is -2.26. The van der Waals surface area contributed by atoms with Gasteiger partial charge in [-0.05, 0) is 55.6 Å². The summed E-state index contributed by atoms with van der Waals surface area (Å²) < 4.78 is 5.63. The van der Waals surface area contributed by atoms with Crippen molar-refractivity contribution in [1.82, 2.24) is 10.2 Å². The molecule has 1 aromatic carbocycles. The Balaban J connectivity index is 1.53. The molecule has 7 heteroatoms. The van der Waals surface area contributed by atoms with Crippen LogP contribution in [-0.2, 0) is 0 Å². The summed E-state index contributed by atoms with van der Waals surface area (Å²) in [5, 5.41) is 5.81. The van der Waals surface area contributed by atoms with Crippen LogP contribution < -0.4 is 10.7 Å². The molecule has 0 radical (unpaired) electrons. The van der Waals surface area contributed by atoms with E-state index in [0.717, 1.165) is 13.1 Å². The number of rotatable bonds is 5. The van der Waals surface area contributed by atoms with Gasteiger partial charge < -0.3 is 9.73 Å². The van der Waals surface area contributed by atoms with Gasteiger partial charge in [0.1, 0.15) is 5.58 Å². The zero-order valence-corrected chi connectivity index (χ0v) is 16.2. The highest BCUT2D eigenvalue weighted by atomic mass is 35.5. The van der Waals surface area contributed by atoms with E-state index in [1.807, 2.05) is 11.4 Å². The van der Waals surface area contributed by atoms with E-state index in [-0.39, 0.29) is 23.1 Å². The molecule has 0 bridgehead atoms. The number of amides is 1. The van der Waals surface area contributed by atoms with Crippen molar-refractivity contribution >= 4 is 39.8 Å². The Bertz CT molecular complexity index is 1010. The number of fused-ring (bicyclic) bond motifs is 1. The largest absolute Gasteiger partial charge is 0.451 e. The summed E-state index contributed by atoms with van der Waals surface area (Å²) in [5.74, 6) is -0.370.